The second-order valence-corrected chi connectivity index (χ2v) is 10.1. The van der Waals surface area contributed by atoms with E-state index in [1.807, 2.05) is 51.1 Å². The topological polar surface area (TPSA) is 87.7 Å². The number of hydrogen-bond acceptors (Lipinski definition) is 4. The van der Waals surface area contributed by atoms with E-state index in [-0.39, 0.29) is 11.8 Å². The number of carbonyl (C=O) groups is 3. The lowest BCUT2D eigenvalue weighted by atomic mass is 9.95. The van der Waals surface area contributed by atoms with E-state index in [9.17, 15) is 14.4 Å². The van der Waals surface area contributed by atoms with Crippen LogP contribution in [0.3, 0.4) is 0 Å². The maximum Gasteiger partial charge on any atom is 0.408 e. The molecule has 2 atom stereocenters. The summed E-state index contributed by atoms with van der Waals surface area (Å²) in [6.07, 6.45) is 2.28. The van der Waals surface area contributed by atoms with Crippen molar-refractivity contribution in [3.05, 3.63) is 35.9 Å². The smallest absolute Gasteiger partial charge is 0.408 e. The van der Waals surface area contributed by atoms with Gasteiger partial charge in [0.25, 0.3) is 0 Å². The lowest BCUT2D eigenvalue weighted by Gasteiger charge is -2.42. The number of hydrogen-bond donors (Lipinski definition) is 2. The van der Waals surface area contributed by atoms with Crippen molar-refractivity contribution in [1.82, 2.24) is 15.5 Å². The van der Waals surface area contributed by atoms with Crippen molar-refractivity contribution in [1.29, 1.82) is 0 Å². The molecule has 180 valence electrons. The maximum atomic E-state index is 13.6. The van der Waals surface area contributed by atoms with Crippen LogP contribution in [0.1, 0.15) is 86.3 Å². The number of unbranched alkanes of at least 4 members (excludes halogenated alkanes) is 2. The van der Waals surface area contributed by atoms with Crippen LogP contribution in [-0.2, 0) is 14.3 Å². The molecule has 0 aromatic heterocycles. The van der Waals surface area contributed by atoms with Crippen LogP contribution in [0.2, 0.25) is 0 Å². The Balaban J connectivity index is 3.22. The molecule has 0 saturated heterocycles. The van der Waals surface area contributed by atoms with Gasteiger partial charge in [-0.1, -0.05) is 50.1 Å². The average Bonchev–Trinajstić information content (AvgIpc) is 2.66. The van der Waals surface area contributed by atoms with Gasteiger partial charge in [-0.2, -0.15) is 0 Å². The third kappa shape index (κ3) is 8.89. The Hall–Kier alpha value is -2.57. The molecule has 0 radical (unpaired) electrons. The summed E-state index contributed by atoms with van der Waals surface area (Å²) in [5.74, 6) is -0.596. The third-order valence-corrected chi connectivity index (χ3v) is 4.77. The van der Waals surface area contributed by atoms with Crippen molar-refractivity contribution in [3.63, 3.8) is 0 Å². The van der Waals surface area contributed by atoms with E-state index < -0.39 is 29.3 Å². The van der Waals surface area contributed by atoms with Crippen LogP contribution < -0.4 is 10.6 Å². The normalized spacial score (nSPS) is 13.6. The van der Waals surface area contributed by atoms with Crippen molar-refractivity contribution in [2.24, 2.45) is 0 Å². The van der Waals surface area contributed by atoms with E-state index in [4.69, 9.17) is 4.74 Å². The van der Waals surface area contributed by atoms with Gasteiger partial charge in [-0.3, -0.25) is 9.59 Å². The zero-order chi connectivity index (χ0) is 24.5. The number of rotatable bonds is 9. The summed E-state index contributed by atoms with van der Waals surface area (Å²) in [5, 5.41) is 5.60. The van der Waals surface area contributed by atoms with E-state index >= 15 is 0 Å². The molecule has 2 N–H and O–H groups in total. The van der Waals surface area contributed by atoms with Crippen molar-refractivity contribution < 1.29 is 19.1 Å². The minimum absolute atomic E-state index is 0.236. The second-order valence-electron chi connectivity index (χ2n) is 10.1. The fourth-order valence-electron chi connectivity index (χ4n) is 3.34. The van der Waals surface area contributed by atoms with Gasteiger partial charge < -0.3 is 20.3 Å². The molecule has 0 saturated carbocycles. The molecule has 0 aliphatic heterocycles. The minimum atomic E-state index is -0.872. The van der Waals surface area contributed by atoms with E-state index in [0.717, 1.165) is 19.3 Å². The molecule has 0 aliphatic carbocycles. The summed E-state index contributed by atoms with van der Waals surface area (Å²) < 4.78 is 5.29. The first-order valence-electron chi connectivity index (χ1n) is 11.4. The standard InChI is InChI=1S/C25H41N3O4/c1-9-10-14-17-26-21(29)20(19-15-12-11-13-16-19)28(24(3,4)5)22(30)18(2)27-23(31)32-25(6,7)8/h11-13,15-16,18,20H,9-10,14,17H2,1-8H3,(H,26,29)(H,27,31). The monoisotopic (exact) mass is 447 g/mol. The summed E-state index contributed by atoms with van der Waals surface area (Å²) in [5.41, 5.74) is -0.641. The Labute approximate surface area is 193 Å². The van der Waals surface area contributed by atoms with E-state index in [2.05, 4.69) is 17.6 Å². The number of carbonyl (C=O) groups excluding carboxylic acids is 3. The maximum absolute atomic E-state index is 13.6. The third-order valence-electron chi connectivity index (χ3n) is 4.77. The van der Waals surface area contributed by atoms with Gasteiger partial charge in [-0.25, -0.2) is 4.79 Å². The lowest BCUT2D eigenvalue weighted by molar-refractivity contribution is -0.148. The van der Waals surface area contributed by atoms with Crippen LogP contribution in [0.4, 0.5) is 4.79 Å². The highest BCUT2D eigenvalue weighted by Crippen LogP contribution is 2.30. The zero-order valence-electron chi connectivity index (χ0n) is 21.0. The van der Waals surface area contributed by atoms with Gasteiger partial charge >= 0.3 is 6.09 Å². The Morgan fingerprint density at radius 1 is 1.00 bits per heavy atom. The highest BCUT2D eigenvalue weighted by atomic mass is 16.6. The average molecular weight is 448 g/mol. The van der Waals surface area contributed by atoms with Crippen LogP contribution in [-0.4, -0.2) is 46.5 Å². The number of alkyl carbamates (subject to hydrolysis) is 1. The highest BCUT2D eigenvalue weighted by Gasteiger charge is 2.40. The van der Waals surface area contributed by atoms with Gasteiger partial charge in [0.2, 0.25) is 11.8 Å². The first-order valence-corrected chi connectivity index (χ1v) is 11.4. The fraction of sp³-hybridized carbons (Fsp3) is 0.640. The number of amides is 3. The molecule has 2 unspecified atom stereocenters. The van der Waals surface area contributed by atoms with Gasteiger partial charge in [-0.15, -0.1) is 0 Å². The molecule has 1 aromatic rings. The number of benzene rings is 1. The van der Waals surface area contributed by atoms with Crippen molar-refractivity contribution in [2.75, 3.05) is 6.54 Å². The summed E-state index contributed by atoms with van der Waals surface area (Å²) in [6.45, 7) is 15.2. The van der Waals surface area contributed by atoms with Crippen LogP contribution in [0.25, 0.3) is 0 Å². The van der Waals surface area contributed by atoms with Crippen molar-refractivity contribution >= 4 is 17.9 Å². The van der Waals surface area contributed by atoms with Crippen molar-refractivity contribution in [3.8, 4) is 0 Å². The molecule has 0 aliphatic rings. The Kier molecular flexibility index (Phi) is 10.2. The molecule has 32 heavy (non-hydrogen) atoms. The molecule has 7 heteroatoms. The van der Waals surface area contributed by atoms with Gasteiger partial charge in [0.1, 0.15) is 17.7 Å². The Morgan fingerprint density at radius 3 is 2.09 bits per heavy atom. The quantitative estimate of drug-likeness (QED) is 0.543. The van der Waals surface area contributed by atoms with Crippen LogP contribution in [0.5, 0.6) is 0 Å². The minimum Gasteiger partial charge on any atom is -0.444 e. The Bertz CT molecular complexity index is 751. The summed E-state index contributed by atoms with van der Waals surface area (Å²) >= 11 is 0. The van der Waals surface area contributed by atoms with Gasteiger partial charge in [0, 0.05) is 12.1 Å². The predicted molar refractivity (Wildman–Crippen MR) is 127 cm³/mol. The summed E-state index contributed by atoms with van der Waals surface area (Å²) in [4.78, 5) is 40.7. The molecule has 7 nitrogen and oxygen atoms in total. The lowest BCUT2D eigenvalue weighted by Crippen LogP contribution is -2.58. The van der Waals surface area contributed by atoms with E-state index in [1.54, 1.807) is 32.6 Å². The molecular weight excluding hydrogens is 406 g/mol. The molecule has 0 spiro atoms. The number of nitrogens with zero attached hydrogens (tertiary/aromatic N) is 1. The van der Waals surface area contributed by atoms with Gasteiger partial charge in [0.15, 0.2) is 0 Å². The van der Waals surface area contributed by atoms with E-state index in [0.29, 0.717) is 12.1 Å². The highest BCUT2D eigenvalue weighted by molar-refractivity contribution is 5.92. The van der Waals surface area contributed by atoms with Crippen LogP contribution >= 0.6 is 0 Å². The number of ether oxygens (including phenoxy) is 1. The van der Waals surface area contributed by atoms with Gasteiger partial charge in [-0.05, 0) is 60.5 Å². The molecule has 0 heterocycles. The predicted octanol–water partition coefficient (Wildman–Crippen LogP) is 4.57. The Morgan fingerprint density at radius 2 is 1.59 bits per heavy atom. The largest absolute Gasteiger partial charge is 0.444 e. The first-order chi connectivity index (χ1) is 14.8. The second kappa shape index (κ2) is 11.9. The van der Waals surface area contributed by atoms with Crippen LogP contribution in [0.15, 0.2) is 30.3 Å². The number of nitrogens with one attached hydrogen (secondary N) is 2. The first kappa shape index (κ1) is 27.5. The molecule has 1 aromatic carbocycles. The molecular formula is C25H41N3O4. The molecule has 3 amide bonds. The van der Waals surface area contributed by atoms with Gasteiger partial charge in [0.05, 0.1) is 0 Å². The fourth-order valence-corrected chi connectivity index (χ4v) is 3.34. The SMILES string of the molecule is CCCCCNC(=O)C(c1ccccc1)N(C(=O)C(C)NC(=O)OC(C)(C)C)C(C)(C)C. The molecule has 1 rings (SSSR count). The van der Waals surface area contributed by atoms with Crippen LogP contribution in [0, 0.1) is 0 Å². The molecule has 0 fully saturated rings. The molecule has 0 bridgehead atoms. The van der Waals surface area contributed by atoms with Crippen molar-refractivity contribution in [2.45, 2.75) is 97.9 Å². The van der Waals surface area contributed by atoms with E-state index in [1.165, 1.54) is 0 Å². The zero-order valence-corrected chi connectivity index (χ0v) is 21.0. The summed E-state index contributed by atoms with van der Waals surface area (Å²) in [6, 6.07) is 7.55. The summed E-state index contributed by atoms with van der Waals surface area (Å²) in [7, 11) is 0.